The fourth-order valence-electron chi connectivity index (χ4n) is 6.35. The smallest absolute Gasteiger partial charge is 0.159 e. The summed E-state index contributed by atoms with van der Waals surface area (Å²) < 4.78 is 1.21. The van der Waals surface area contributed by atoms with E-state index in [2.05, 4.69) is 77.8 Å². The molecule has 2 heterocycles. The minimum absolute atomic E-state index is 0.163. The lowest BCUT2D eigenvalue weighted by Crippen LogP contribution is -2.16. The summed E-state index contributed by atoms with van der Waals surface area (Å²) >= 11 is 1.75. The number of thiazole rings is 1. The van der Waals surface area contributed by atoms with Crippen molar-refractivity contribution in [2.45, 2.75) is 0 Å². The summed E-state index contributed by atoms with van der Waals surface area (Å²) in [5.41, 5.74) is 8.92. The highest BCUT2D eigenvalue weighted by molar-refractivity contribution is 7.22. The molecule has 2 N–H and O–H groups in total. The molecule has 0 aliphatic carbocycles. The molecule has 0 aliphatic heterocycles. The number of nitrogens with zero attached hydrogens (tertiary/aromatic N) is 3. The highest BCUT2D eigenvalue weighted by Gasteiger charge is 2.13. The maximum absolute atomic E-state index is 9.04. The highest BCUT2D eigenvalue weighted by atomic mass is 32.1. The molecule has 7 aromatic carbocycles. The van der Waals surface area contributed by atoms with Crippen molar-refractivity contribution in [3.05, 3.63) is 163 Å². The maximum atomic E-state index is 9.04. The lowest BCUT2D eigenvalue weighted by atomic mass is 9.96. The Hall–Kier alpha value is -6.24. The number of rotatable bonds is 4. The van der Waals surface area contributed by atoms with Crippen LogP contribution in [0, 0.1) is 5.41 Å². The van der Waals surface area contributed by atoms with E-state index in [4.69, 9.17) is 20.4 Å². The van der Waals surface area contributed by atoms with Crippen LogP contribution in [-0.4, -0.2) is 20.8 Å². The Balaban J connectivity index is 1.12. The molecule has 5 nitrogen and oxygen atoms in total. The molecule has 0 unspecified atom stereocenters. The first-order valence-electron chi connectivity index (χ1n) is 15.8. The first-order chi connectivity index (χ1) is 23.7. The molecule has 0 spiro atoms. The van der Waals surface area contributed by atoms with Crippen molar-refractivity contribution >= 4 is 60.0 Å². The minimum atomic E-state index is 0.163. The first kappa shape index (κ1) is 28.0. The van der Waals surface area contributed by atoms with Crippen LogP contribution in [0.25, 0.3) is 75.8 Å². The van der Waals surface area contributed by atoms with Crippen molar-refractivity contribution in [3.8, 4) is 33.0 Å². The van der Waals surface area contributed by atoms with Gasteiger partial charge in [0.2, 0.25) is 0 Å². The van der Waals surface area contributed by atoms with Crippen molar-refractivity contribution in [2.75, 3.05) is 0 Å². The zero-order valence-electron chi connectivity index (χ0n) is 25.7. The molecule has 6 heteroatoms. The normalized spacial score (nSPS) is 12.0. The molecule has 9 aromatic rings. The number of aromatic nitrogens is 3. The summed E-state index contributed by atoms with van der Waals surface area (Å²) in [6.07, 6.45) is 0. The van der Waals surface area contributed by atoms with E-state index in [-0.39, 0.29) is 5.84 Å². The van der Waals surface area contributed by atoms with Gasteiger partial charge in [-0.25, -0.2) is 15.0 Å². The summed E-state index contributed by atoms with van der Waals surface area (Å²) in [5.74, 6) is 0.163. The van der Waals surface area contributed by atoms with E-state index in [1.165, 1.54) is 20.9 Å². The van der Waals surface area contributed by atoms with Crippen molar-refractivity contribution in [2.24, 2.45) is 4.99 Å². The number of aromatic amines is 1. The highest BCUT2D eigenvalue weighted by Crippen LogP contribution is 2.39. The van der Waals surface area contributed by atoms with Crippen molar-refractivity contribution in [1.29, 1.82) is 5.41 Å². The second kappa shape index (κ2) is 11.5. The van der Waals surface area contributed by atoms with E-state index >= 15 is 0 Å². The second-order valence-corrected chi connectivity index (χ2v) is 12.8. The Kier molecular flexibility index (Phi) is 6.73. The number of hydrogen-bond donors (Lipinski definition) is 2. The third-order valence-electron chi connectivity index (χ3n) is 8.73. The van der Waals surface area contributed by atoms with E-state index < -0.39 is 0 Å². The van der Waals surface area contributed by atoms with Gasteiger partial charge in [0.15, 0.2) is 11.3 Å². The van der Waals surface area contributed by atoms with Gasteiger partial charge in [-0.1, -0.05) is 121 Å². The Morgan fingerprint density at radius 3 is 2.15 bits per heavy atom. The van der Waals surface area contributed by atoms with Gasteiger partial charge in [0.05, 0.1) is 21.3 Å². The molecular weight excluding hydrogens is 607 g/mol. The summed E-state index contributed by atoms with van der Waals surface area (Å²) in [6.45, 7) is 0. The fraction of sp³-hybridized carbons (Fsp3) is 0. The van der Waals surface area contributed by atoms with Crippen LogP contribution in [-0.2, 0) is 0 Å². The van der Waals surface area contributed by atoms with Crippen LogP contribution in [0.4, 0.5) is 0 Å². The molecule has 0 radical (unpaired) electrons. The minimum Gasteiger partial charge on any atom is -0.337 e. The van der Waals surface area contributed by atoms with Gasteiger partial charge in [-0.15, -0.1) is 11.3 Å². The number of benzene rings is 7. The predicted molar refractivity (Wildman–Crippen MR) is 199 cm³/mol. The Morgan fingerprint density at radius 2 is 1.29 bits per heavy atom. The van der Waals surface area contributed by atoms with Gasteiger partial charge in [0, 0.05) is 22.1 Å². The zero-order chi connectivity index (χ0) is 32.0. The molecule has 0 atom stereocenters. The molecule has 0 saturated carbocycles. The fourth-order valence-corrected chi connectivity index (χ4v) is 7.49. The largest absolute Gasteiger partial charge is 0.337 e. The van der Waals surface area contributed by atoms with Gasteiger partial charge < -0.3 is 4.98 Å². The van der Waals surface area contributed by atoms with Crippen LogP contribution in [0.2, 0.25) is 0 Å². The van der Waals surface area contributed by atoms with Crippen molar-refractivity contribution in [1.82, 2.24) is 15.0 Å². The van der Waals surface area contributed by atoms with Crippen LogP contribution >= 0.6 is 11.3 Å². The molecule has 0 aliphatic rings. The van der Waals surface area contributed by atoms with Gasteiger partial charge in [-0.05, 0) is 57.6 Å². The number of fused-ring (bicyclic) bond motifs is 6. The quantitative estimate of drug-likeness (QED) is 0.115. The Labute approximate surface area is 280 Å². The van der Waals surface area contributed by atoms with Gasteiger partial charge in [-0.2, -0.15) is 0 Å². The van der Waals surface area contributed by atoms with E-state index in [0.29, 0.717) is 11.2 Å². The molecule has 0 fully saturated rings. The van der Waals surface area contributed by atoms with Crippen molar-refractivity contribution in [3.63, 3.8) is 0 Å². The van der Waals surface area contributed by atoms with E-state index in [9.17, 15) is 0 Å². The topological polar surface area (TPSA) is 77.8 Å². The SMILES string of the molecule is N=C(N=c1[nH]c2ccccc2nc1-c1ccccc1)c1cccc(-c2ccc3c(ccc4ccc5nc(-c6ccccc6)sc5c43)c2)c1. The monoisotopic (exact) mass is 633 g/mol. The number of H-pyrrole nitrogens is 1. The zero-order valence-corrected chi connectivity index (χ0v) is 26.5. The third-order valence-corrected chi connectivity index (χ3v) is 9.87. The molecule has 0 saturated heterocycles. The van der Waals surface area contributed by atoms with Crippen LogP contribution in [0.3, 0.4) is 0 Å². The predicted octanol–water partition coefficient (Wildman–Crippen LogP) is 10.4. The van der Waals surface area contributed by atoms with Gasteiger partial charge in [-0.3, -0.25) is 5.41 Å². The molecule has 226 valence electrons. The average molecular weight is 634 g/mol. The number of para-hydroxylation sites is 2. The van der Waals surface area contributed by atoms with Gasteiger partial charge in [0.1, 0.15) is 10.7 Å². The number of amidine groups is 1. The molecular formula is C42H27N5S. The van der Waals surface area contributed by atoms with E-state index in [1.807, 2.05) is 78.9 Å². The summed E-state index contributed by atoms with van der Waals surface area (Å²) in [4.78, 5) is 18.1. The van der Waals surface area contributed by atoms with Crippen LogP contribution in [0.1, 0.15) is 5.56 Å². The molecule has 48 heavy (non-hydrogen) atoms. The number of hydrogen-bond acceptors (Lipinski definition) is 4. The summed E-state index contributed by atoms with van der Waals surface area (Å²) in [5, 5.41) is 14.9. The molecule has 0 bridgehead atoms. The number of nitrogens with one attached hydrogen (secondary N) is 2. The van der Waals surface area contributed by atoms with Crippen molar-refractivity contribution < 1.29 is 0 Å². The summed E-state index contributed by atoms with van der Waals surface area (Å²) in [6, 6.07) is 51.6. The average Bonchev–Trinajstić information content (AvgIpc) is 3.60. The lowest BCUT2D eigenvalue weighted by Gasteiger charge is -2.09. The third kappa shape index (κ3) is 4.96. The molecule has 2 aromatic heterocycles. The Bertz CT molecular complexity index is 2740. The Morgan fingerprint density at radius 1 is 0.583 bits per heavy atom. The molecule has 0 amide bonds. The molecule has 9 rings (SSSR count). The van der Waals surface area contributed by atoms with E-state index in [0.717, 1.165) is 54.8 Å². The van der Waals surface area contributed by atoms with Gasteiger partial charge >= 0.3 is 0 Å². The standard InChI is InChI=1S/C42H27N5S/c43-40(47-41-38(27-10-3-1-4-11-27)44-34-16-7-8-17-35(34)45-41)32-15-9-14-29(25-32)30-20-22-33-31(24-30)19-18-26-21-23-36-39(37(26)33)48-42(46-36)28-12-5-2-6-13-28/h1-25H,(H2,43,45,47). The van der Waals surface area contributed by atoms with Crippen LogP contribution in [0.15, 0.2) is 157 Å². The maximum Gasteiger partial charge on any atom is 0.159 e. The second-order valence-electron chi connectivity index (χ2n) is 11.8. The lowest BCUT2D eigenvalue weighted by molar-refractivity contribution is 1.15. The van der Waals surface area contributed by atoms with Crippen LogP contribution < -0.4 is 5.49 Å². The first-order valence-corrected chi connectivity index (χ1v) is 16.6. The van der Waals surface area contributed by atoms with Gasteiger partial charge in [0.25, 0.3) is 0 Å². The van der Waals surface area contributed by atoms with Crippen LogP contribution in [0.5, 0.6) is 0 Å². The summed E-state index contributed by atoms with van der Waals surface area (Å²) in [7, 11) is 0. The van der Waals surface area contributed by atoms with E-state index in [1.54, 1.807) is 11.3 Å².